The average Bonchev–Trinajstić information content (AvgIpc) is 2.52. The summed E-state index contributed by atoms with van der Waals surface area (Å²) in [6, 6.07) is 1.94. The third-order valence-electron chi connectivity index (χ3n) is 3.16. The first-order chi connectivity index (χ1) is 8.99. The molecular weight excluding hydrogens is 260 g/mol. The largest absolute Gasteiger partial charge is 0.389 e. The molecule has 1 aromatic rings. The lowest BCUT2D eigenvalue weighted by Gasteiger charge is -2.25. The van der Waals surface area contributed by atoms with E-state index < -0.39 is 0 Å². The highest BCUT2D eigenvalue weighted by molar-refractivity contribution is 7.80. The summed E-state index contributed by atoms with van der Waals surface area (Å²) in [6.45, 7) is 5.66. The van der Waals surface area contributed by atoms with Gasteiger partial charge < -0.3 is 16.0 Å². The fraction of sp³-hybridized carbons (Fsp3) is 0.462. The maximum Gasteiger partial charge on any atom is 0.239 e. The van der Waals surface area contributed by atoms with Gasteiger partial charge in [0.2, 0.25) is 5.91 Å². The standard InChI is InChI=1S/C13H18N4OS/c1-8-6-10(12(13(14)19)9(2)16-8)17-5-3-4-15-11(18)7-17/h6H,3-5,7H2,1-2H3,(H2,14,19)(H,15,18). The molecule has 19 heavy (non-hydrogen) atoms. The first kappa shape index (κ1) is 13.7. The van der Waals surface area contributed by atoms with Gasteiger partial charge in [-0.1, -0.05) is 12.2 Å². The van der Waals surface area contributed by atoms with Crippen LogP contribution in [0.4, 0.5) is 5.69 Å². The van der Waals surface area contributed by atoms with Crippen LogP contribution in [-0.4, -0.2) is 35.5 Å². The number of amides is 1. The number of carbonyl (C=O) groups is 1. The fourth-order valence-corrected chi connectivity index (χ4v) is 2.63. The molecule has 1 fully saturated rings. The van der Waals surface area contributed by atoms with Crippen LogP contribution in [0.1, 0.15) is 23.4 Å². The minimum absolute atomic E-state index is 0.0264. The molecule has 3 N–H and O–H groups in total. The molecule has 1 saturated heterocycles. The summed E-state index contributed by atoms with van der Waals surface area (Å²) in [4.78, 5) is 18.4. The summed E-state index contributed by atoms with van der Waals surface area (Å²) in [5.74, 6) is 0.0264. The predicted octanol–water partition coefficient (Wildman–Crippen LogP) is 0.659. The molecule has 0 aliphatic carbocycles. The maximum absolute atomic E-state index is 11.7. The van der Waals surface area contributed by atoms with Gasteiger partial charge in [0.15, 0.2) is 0 Å². The van der Waals surface area contributed by atoms with Crippen molar-refractivity contribution in [3.63, 3.8) is 0 Å². The fourth-order valence-electron chi connectivity index (χ4n) is 2.37. The summed E-state index contributed by atoms with van der Waals surface area (Å²) in [6.07, 6.45) is 0.906. The number of nitrogens with two attached hydrogens (primary N) is 1. The topological polar surface area (TPSA) is 71.2 Å². The Morgan fingerprint density at radius 2 is 2.26 bits per heavy atom. The molecule has 0 atom stereocenters. The number of nitrogens with zero attached hydrogens (tertiary/aromatic N) is 2. The molecule has 1 aliphatic heterocycles. The van der Waals surface area contributed by atoms with Gasteiger partial charge in [-0.3, -0.25) is 9.78 Å². The van der Waals surface area contributed by atoms with Gasteiger partial charge in [-0.05, 0) is 26.3 Å². The molecule has 5 nitrogen and oxygen atoms in total. The van der Waals surface area contributed by atoms with Crippen molar-refractivity contribution in [1.29, 1.82) is 0 Å². The number of hydrogen-bond donors (Lipinski definition) is 2. The molecule has 0 bridgehead atoms. The second-order valence-electron chi connectivity index (χ2n) is 4.73. The smallest absolute Gasteiger partial charge is 0.239 e. The molecule has 0 spiro atoms. The molecular formula is C13H18N4OS. The molecule has 6 heteroatoms. The van der Waals surface area contributed by atoms with Crippen LogP contribution in [0.15, 0.2) is 6.07 Å². The second-order valence-corrected chi connectivity index (χ2v) is 5.17. The van der Waals surface area contributed by atoms with Crippen LogP contribution in [0.5, 0.6) is 0 Å². The number of aromatic nitrogens is 1. The summed E-state index contributed by atoms with van der Waals surface area (Å²) in [5.41, 5.74) is 9.21. The second kappa shape index (κ2) is 5.52. The zero-order valence-electron chi connectivity index (χ0n) is 11.2. The average molecular weight is 278 g/mol. The van der Waals surface area contributed by atoms with Gasteiger partial charge in [0.1, 0.15) is 4.99 Å². The number of pyridine rings is 1. The van der Waals surface area contributed by atoms with E-state index in [9.17, 15) is 4.79 Å². The van der Waals surface area contributed by atoms with Gasteiger partial charge in [-0.25, -0.2) is 0 Å². The zero-order chi connectivity index (χ0) is 14.0. The van der Waals surface area contributed by atoms with Crippen LogP contribution in [0.3, 0.4) is 0 Å². The highest BCUT2D eigenvalue weighted by Crippen LogP contribution is 2.24. The van der Waals surface area contributed by atoms with E-state index in [4.69, 9.17) is 18.0 Å². The van der Waals surface area contributed by atoms with Gasteiger partial charge in [0.25, 0.3) is 0 Å². The molecule has 0 aromatic carbocycles. The van der Waals surface area contributed by atoms with E-state index in [1.807, 2.05) is 24.8 Å². The van der Waals surface area contributed by atoms with Crippen LogP contribution in [0.25, 0.3) is 0 Å². The van der Waals surface area contributed by atoms with Crippen molar-refractivity contribution in [2.75, 3.05) is 24.5 Å². The lowest BCUT2D eigenvalue weighted by Crippen LogP contribution is -2.34. The van der Waals surface area contributed by atoms with E-state index in [0.717, 1.165) is 35.6 Å². The molecule has 2 heterocycles. The van der Waals surface area contributed by atoms with E-state index in [-0.39, 0.29) is 5.91 Å². The Hall–Kier alpha value is -1.69. The minimum Gasteiger partial charge on any atom is -0.389 e. The van der Waals surface area contributed by atoms with Crippen LogP contribution >= 0.6 is 12.2 Å². The monoisotopic (exact) mass is 278 g/mol. The van der Waals surface area contributed by atoms with Crippen molar-refractivity contribution in [3.05, 3.63) is 23.0 Å². The van der Waals surface area contributed by atoms with Crippen molar-refractivity contribution in [1.82, 2.24) is 10.3 Å². The Bertz CT molecular complexity index is 530. The van der Waals surface area contributed by atoms with E-state index in [1.54, 1.807) is 0 Å². The summed E-state index contributed by atoms with van der Waals surface area (Å²) in [5, 5.41) is 2.86. The number of anilines is 1. The maximum atomic E-state index is 11.7. The van der Waals surface area contributed by atoms with E-state index in [2.05, 4.69) is 10.3 Å². The van der Waals surface area contributed by atoms with Crippen molar-refractivity contribution < 1.29 is 4.79 Å². The number of nitrogens with one attached hydrogen (secondary N) is 1. The first-order valence-corrected chi connectivity index (χ1v) is 6.69. The summed E-state index contributed by atoms with van der Waals surface area (Å²) < 4.78 is 0. The summed E-state index contributed by atoms with van der Waals surface area (Å²) >= 11 is 5.12. The lowest BCUT2D eigenvalue weighted by molar-refractivity contribution is -0.119. The minimum atomic E-state index is 0.0264. The highest BCUT2D eigenvalue weighted by atomic mass is 32.1. The van der Waals surface area contributed by atoms with Crippen LogP contribution in [0.2, 0.25) is 0 Å². The van der Waals surface area contributed by atoms with Crippen LogP contribution in [0, 0.1) is 13.8 Å². The molecule has 1 aromatic heterocycles. The van der Waals surface area contributed by atoms with Gasteiger partial charge in [-0.2, -0.15) is 0 Å². The molecule has 102 valence electrons. The van der Waals surface area contributed by atoms with Gasteiger partial charge in [0, 0.05) is 24.5 Å². The highest BCUT2D eigenvalue weighted by Gasteiger charge is 2.20. The SMILES string of the molecule is Cc1cc(N2CCCNC(=O)C2)c(C(N)=S)c(C)n1. The molecule has 2 rings (SSSR count). The van der Waals surface area contributed by atoms with E-state index in [1.165, 1.54) is 0 Å². The molecule has 0 saturated carbocycles. The van der Waals surface area contributed by atoms with Crippen molar-refractivity contribution >= 4 is 28.8 Å². The van der Waals surface area contributed by atoms with Gasteiger partial charge in [0.05, 0.1) is 17.8 Å². The Kier molecular flexibility index (Phi) is 3.99. The van der Waals surface area contributed by atoms with Gasteiger partial charge >= 0.3 is 0 Å². The molecule has 0 unspecified atom stereocenters. The van der Waals surface area contributed by atoms with Crippen LogP contribution < -0.4 is 16.0 Å². The van der Waals surface area contributed by atoms with E-state index >= 15 is 0 Å². The number of rotatable bonds is 2. The number of hydrogen-bond acceptors (Lipinski definition) is 4. The van der Waals surface area contributed by atoms with Crippen molar-refractivity contribution in [2.45, 2.75) is 20.3 Å². The Morgan fingerprint density at radius 3 is 2.95 bits per heavy atom. The molecule has 1 amide bonds. The third-order valence-corrected chi connectivity index (χ3v) is 3.36. The van der Waals surface area contributed by atoms with Crippen LogP contribution in [-0.2, 0) is 4.79 Å². The normalized spacial score (nSPS) is 15.9. The Labute approximate surface area is 118 Å². The predicted molar refractivity (Wildman–Crippen MR) is 79.4 cm³/mol. The summed E-state index contributed by atoms with van der Waals surface area (Å²) in [7, 11) is 0. The van der Waals surface area contributed by atoms with E-state index in [0.29, 0.717) is 18.1 Å². The number of thiocarbonyl (C=S) groups is 1. The number of carbonyl (C=O) groups excluding carboxylic acids is 1. The molecule has 0 radical (unpaired) electrons. The van der Waals surface area contributed by atoms with Crippen molar-refractivity contribution in [3.8, 4) is 0 Å². The quantitative estimate of drug-likeness (QED) is 0.778. The zero-order valence-corrected chi connectivity index (χ0v) is 12.0. The number of aryl methyl sites for hydroxylation is 2. The lowest BCUT2D eigenvalue weighted by atomic mass is 10.1. The van der Waals surface area contributed by atoms with Gasteiger partial charge in [-0.15, -0.1) is 0 Å². The first-order valence-electron chi connectivity index (χ1n) is 6.28. The third kappa shape index (κ3) is 3.01. The van der Waals surface area contributed by atoms with Crippen molar-refractivity contribution in [2.24, 2.45) is 5.73 Å². The Balaban J connectivity index is 2.47. The Morgan fingerprint density at radius 1 is 1.53 bits per heavy atom. The molecule has 1 aliphatic rings.